The van der Waals surface area contributed by atoms with Crippen LogP contribution in [-0.4, -0.2) is 14.7 Å². The van der Waals surface area contributed by atoms with Gasteiger partial charge in [0.25, 0.3) is 0 Å². The van der Waals surface area contributed by atoms with E-state index in [9.17, 15) is 14.5 Å². The van der Waals surface area contributed by atoms with Crippen LogP contribution in [-0.2, 0) is 20.1 Å². The lowest BCUT2D eigenvalue weighted by molar-refractivity contribution is -0.387. The summed E-state index contributed by atoms with van der Waals surface area (Å²) < 4.78 is 15.6. The minimum absolute atomic E-state index is 0.224. The van der Waals surface area contributed by atoms with E-state index < -0.39 is 16.4 Å². The highest BCUT2D eigenvalue weighted by atomic mass is 19.1. The highest BCUT2D eigenvalue weighted by molar-refractivity contribution is 5.36. The normalized spacial score (nSPS) is 10.8. The molecule has 2 aromatic rings. The first-order valence-electron chi connectivity index (χ1n) is 6.10. The molecule has 1 heterocycles. The molecule has 1 aromatic carbocycles. The Morgan fingerprint density at radius 2 is 2.10 bits per heavy atom. The molecule has 1 N–H and O–H groups in total. The third kappa shape index (κ3) is 2.83. The summed E-state index contributed by atoms with van der Waals surface area (Å²) in [6.45, 7) is 2.70. The predicted molar refractivity (Wildman–Crippen MR) is 71.5 cm³/mol. The lowest BCUT2D eigenvalue weighted by atomic mass is 10.1. The Bertz CT molecular complexity index is 639. The zero-order chi connectivity index (χ0) is 14.7. The van der Waals surface area contributed by atoms with Crippen LogP contribution in [0.4, 0.5) is 10.1 Å². The zero-order valence-electron chi connectivity index (χ0n) is 11.3. The molecule has 0 unspecified atom stereocenters. The summed E-state index contributed by atoms with van der Waals surface area (Å²) in [4.78, 5) is 9.93. The Labute approximate surface area is 115 Å². The summed E-state index contributed by atoms with van der Waals surface area (Å²) in [7, 11) is 1.85. The summed E-state index contributed by atoms with van der Waals surface area (Å²) in [5.74, 6) is -0.784. The van der Waals surface area contributed by atoms with Gasteiger partial charge in [-0.15, -0.1) is 0 Å². The standard InChI is InChI=1S/C13H15FN4O2/c1-9-11(8-16-17(9)2)7-15-6-10-4-3-5-12(13(10)14)18(19)20/h3-5,8,15H,6-7H2,1-2H3. The molecule has 6 nitrogen and oxygen atoms in total. The van der Waals surface area contributed by atoms with E-state index >= 15 is 0 Å². The molecule has 20 heavy (non-hydrogen) atoms. The fourth-order valence-corrected chi connectivity index (χ4v) is 1.89. The largest absolute Gasteiger partial charge is 0.308 e. The van der Waals surface area contributed by atoms with E-state index in [-0.39, 0.29) is 12.1 Å². The molecule has 0 amide bonds. The summed E-state index contributed by atoms with van der Waals surface area (Å²) >= 11 is 0. The van der Waals surface area contributed by atoms with Crippen LogP contribution in [0.1, 0.15) is 16.8 Å². The lowest BCUT2D eigenvalue weighted by Gasteiger charge is -2.06. The number of hydrogen-bond donors (Lipinski definition) is 1. The van der Waals surface area contributed by atoms with Gasteiger partial charge in [0.15, 0.2) is 0 Å². The number of aryl methyl sites for hydroxylation is 1. The van der Waals surface area contributed by atoms with Crippen molar-refractivity contribution < 1.29 is 9.31 Å². The lowest BCUT2D eigenvalue weighted by Crippen LogP contribution is -2.14. The van der Waals surface area contributed by atoms with Crippen LogP contribution in [0.25, 0.3) is 0 Å². The minimum Gasteiger partial charge on any atom is -0.308 e. The van der Waals surface area contributed by atoms with Gasteiger partial charge in [0.1, 0.15) is 0 Å². The molecule has 106 valence electrons. The fraction of sp³-hybridized carbons (Fsp3) is 0.308. The summed E-state index contributed by atoms with van der Waals surface area (Å²) in [5.41, 5.74) is 1.82. The van der Waals surface area contributed by atoms with Crippen LogP contribution in [0, 0.1) is 22.9 Å². The van der Waals surface area contributed by atoms with Crippen LogP contribution in [0.3, 0.4) is 0 Å². The molecule has 0 spiro atoms. The summed E-state index contributed by atoms with van der Waals surface area (Å²) in [5, 5.41) is 17.8. The van der Waals surface area contributed by atoms with Gasteiger partial charge in [-0.25, -0.2) is 0 Å². The molecule has 2 rings (SSSR count). The van der Waals surface area contributed by atoms with Crippen molar-refractivity contribution in [2.45, 2.75) is 20.0 Å². The molecule has 0 atom stereocenters. The number of nitro groups is 1. The number of halogens is 1. The zero-order valence-corrected chi connectivity index (χ0v) is 11.3. The SMILES string of the molecule is Cc1c(CNCc2cccc([N+](=O)[O-])c2F)cnn1C. The maximum atomic E-state index is 13.8. The third-order valence-corrected chi connectivity index (χ3v) is 3.22. The molecular formula is C13H15FN4O2. The molecule has 1 aromatic heterocycles. The number of hydrogen-bond acceptors (Lipinski definition) is 4. The van der Waals surface area contributed by atoms with Crippen LogP contribution in [0.2, 0.25) is 0 Å². The van der Waals surface area contributed by atoms with Gasteiger partial charge in [-0.2, -0.15) is 9.49 Å². The van der Waals surface area contributed by atoms with Crippen molar-refractivity contribution >= 4 is 5.69 Å². The van der Waals surface area contributed by atoms with Gasteiger partial charge in [0.05, 0.1) is 11.1 Å². The summed E-state index contributed by atoms with van der Waals surface area (Å²) in [6.07, 6.45) is 1.74. The number of nitro benzene ring substituents is 1. The van der Waals surface area contributed by atoms with Gasteiger partial charge in [-0.05, 0) is 6.92 Å². The van der Waals surface area contributed by atoms with Crippen molar-refractivity contribution in [1.82, 2.24) is 15.1 Å². The molecule has 0 aliphatic heterocycles. The van der Waals surface area contributed by atoms with Crippen molar-refractivity contribution in [2.24, 2.45) is 7.05 Å². The van der Waals surface area contributed by atoms with Gasteiger partial charge in [-0.3, -0.25) is 14.8 Å². The molecule has 0 aliphatic carbocycles. The predicted octanol–water partition coefficient (Wildman–Crippen LogP) is 2.07. The van der Waals surface area contributed by atoms with Gasteiger partial charge < -0.3 is 5.32 Å². The summed E-state index contributed by atoms with van der Waals surface area (Å²) in [6, 6.07) is 4.17. The van der Waals surface area contributed by atoms with Crippen LogP contribution in [0.5, 0.6) is 0 Å². The smallest absolute Gasteiger partial charge is 0.305 e. The van der Waals surface area contributed by atoms with Crippen LogP contribution < -0.4 is 5.32 Å². The van der Waals surface area contributed by atoms with Crippen molar-refractivity contribution in [1.29, 1.82) is 0 Å². The topological polar surface area (TPSA) is 73.0 Å². The van der Waals surface area contributed by atoms with E-state index in [4.69, 9.17) is 0 Å². The molecule has 0 radical (unpaired) electrons. The number of benzene rings is 1. The van der Waals surface area contributed by atoms with Crippen molar-refractivity contribution in [3.8, 4) is 0 Å². The molecule has 0 aliphatic rings. The second-order valence-electron chi connectivity index (χ2n) is 4.49. The van der Waals surface area contributed by atoms with E-state index in [0.29, 0.717) is 6.54 Å². The van der Waals surface area contributed by atoms with Gasteiger partial charge in [0, 0.05) is 43.0 Å². The monoisotopic (exact) mass is 278 g/mol. The highest BCUT2D eigenvalue weighted by Crippen LogP contribution is 2.20. The highest BCUT2D eigenvalue weighted by Gasteiger charge is 2.16. The van der Waals surface area contributed by atoms with E-state index in [1.807, 2.05) is 14.0 Å². The molecule has 0 bridgehead atoms. The first kappa shape index (κ1) is 14.1. The molecular weight excluding hydrogens is 263 g/mol. The first-order chi connectivity index (χ1) is 9.50. The van der Waals surface area contributed by atoms with Gasteiger partial charge in [-0.1, -0.05) is 12.1 Å². The Balaban J connectivity index is 2.03. The Morgan fingerprint density at radius 3 is 2.70 bits per heavy atom. The molecule has 0 saturated carbocycles. The quantitative estimate of drug-likeness (QED) is 0.671. The maximum absolute atomic E-state index is 13.8. The first-order valence-corrected chi connectivity index (χ1v) is 6.10. The third-order valence-electron chi connectivity index (χ3n) is 3.22. The molecule has 0 saturated heterocycles. The van der Waals surface area contributed by atoms with Crippen LogP contribution in [0.15, 0.2) is 24.4 Å². The molecule has 7 heteroatoms. The number of nitrogens with zero attached hydrogens (tertiary/aromatic N) is 3. The van der Waals surface area contributed by atoms with Gasteiger partial charge >= 0.3 is 5.69 Å². The number of nitrogens with one attached hydrogen (secondary N) is 1. The Morgan fingerprint density at radius 1 is 1.40 bits per heavy atom. The van der Waals surface area contributed by atoms with E-state index in [1.54, 1.807) is 10.9 Å². The average molecular weight is 278 g/mol. The second kappa shape index (κ2) is 5.79. The van der Waals surface area contributed by atoms with E-state index in [0.717, 1.165) is 17.3 Å². The fourth-order valence-electron chi connectivity index (χ4n) is 1.89. The van der Waals surface area contributed by atoms with E-state index in [1.165, 1.54) is 12.1 Å². The maximum Gasteiger partial charge on any atom is 0.305 e. The van der Waals surface area contributed by atoms with Crippen molar-refractivity contribution in [2.75, 3.05) is 0 Å². The van der Waals surface area contributed by atoms with Crippen molar-refractivity contribution in [3.63, 3.8) is 0 Å². The second-order valence-corrected chi connectivity index (χ2v) is 4.49. The molecule has 0 fully saturated rings. The number of aromatic nitrogens is 2. The minimum atomic E-state index is -0.784. The van der Waals surface area contributed by atoms with E-state index in [2.05, 4.69) is 10.4 Å². The average Bonchev–Trinajstić information content (AvgIpc) is 2.72. The van der Waals surface area contributed by atoms with Crippen LogP contribution >= 0.6 is 0 Å². The van der Waals surface area contributed by atoms with Crippen molar-refractivity contribution in [3.05, 3.63) is 57.1 Å². The Hall–Kier alpha value is -2.28. The number of rotatable bonds is 5. The van der Waals surface area contributed by atoms with Gasteiger partial charge in [0.2, 0.25) is 5.82 Å². The Kier molecular flexibility index (Phi) is 4.09.